The molecule has 1 amide bonds. The van der Waals surface area contributed by atoms with E-state index in [1.807, 2.05) is 26.0 Å². The number of nitrogens with zero attached hydrogens (tertiary/aromatic N) is 1. The molecule has 1 heterocycles. The number of nitrogens with two attached hydrogens (primary N) is 2. The molecule has 0 aliphatic rings. The van der Waals surface area contributed by atoms with Crippen molar-refractivity contribution in [1.82, 2.24) is 4.98 Å². The maximum Gasteiger partial charge on any atom is 0.252 e. The number of rotatable bonds is 3. The lowest BCUT2D eigenvalue weighted by atomic mass is 10.1. The second-order valence-corrected chi connectivity index (χ2v) is 5.37. The van der Waals surface area contributed by atoms with Crippen LogP contribution >= 0.6 is 15.9 Å². The van der Waals surface area contributed by atoms with E-state index in [1.165, 1.54) is 12.3 Å². The smallest absolute Gasteiger partial charge is 0.252 e. The van der Waals surface area contributed by atoms with Crippen molar-refractivity contribution in [2.45, 2.75) is 13.8 Å². The van der Waals surface area contributed by atoms with Crippen LogP contribution in [0.5, 0.6) is 0 Å². The first kappa shape index (κ1) is 14.3. The van der Waals surface area contributed by atoms with Gasteiger partial charge in [0.25, 0.3) is 5.91 Å². The number of aromatic nitrogens is 1. The topological polar surface area (TPSA) is 94.0 Å². The summed E-state index contributed by atoms with van der Waals surface area (Å²) in [7, 11) is 0. The number of aryl methyl sites for hydroxylation is 2. The molecular weight excluding hydrogens is 320 g/mol. The molecule has 1 aromatic heterocycles. The number of amides is 1. The number of anilines is 3. The monoisotopic (exact) mass is 334 g/mol. The summed E-state index contributed by atoms with van der Waals surface area (Å²) in [6.45, 7) is 3.99. The summed E-state index contributed by atoms with van der Waals surface area (Å²) in [4.78, 5) is 15.6. The highest BCUT2D eigenvalue weighted by molar-refractivity contribution is 9.10. The van der Waals surface area contributed by atoms with E-state index < -0.39 is 5.91 Å². The molecular formula is C14H15BrN4O. The van der Waals surface area contributed by atoms with Crippen molar-refractivity contribution < 1.29 is 4.79 Å². The van der Waals surface area contributed by atoms with Crippen LogP contribution in [0, 0.1) is 13.8 Å². The second kappa shape index (κ2) is 5.50. The summed E-state index contributed by atoms with van der Waals surface area (Å²) in [6, 6.07) is 5.43. The molecule has 0 aliphatic carbocycles. The Morgan fingerprint density at radius 2 is 1.85 bits per heavy atom. The molecule has 2 aromatic rings. The fourth-order valence-corrected chi connectivity index (χ4v) is 2.15. The third kappa shape index (κ3) is 2.91. The highest BCUT2D eigenvalue weighted by Gasteiger charge is 2.11. The van der Waals surface area contributed by atoms with Crippen molar-refractivity contribution in [3.05, 3.63) is 45.6 Å². The molecule has 0 saturated carbocycles. The van der Waals surface area contributed by atoms with Crippen LogP contribution in [0.15, 0.2) is 28.9 Å². The van der Waals surface area contributed by atoms with Gasteiger partial charge in [-0.1, -0.05) is 15.9 Å². The minimum atomic E-state index is -0.571. The third-order valence-corrected chi connectivity index (χ3v) is 4.12. The van der Waals surface area contributed by atoms with Crippen LogP contribution in [0.25, 0.3) is 0 Å². The zero-order valence-electron chi connectivity index (χ0n) is 11.2. The third-order valence-electron chi connectivity index (χ3n) is 2.87. The van der Waals surface area contributed by atoms with Crippen molar-refractivity contribution in [2.24, 2.45) is 5.73 Å². The number of nitrogens with one attached hydrogen (secondary N) is 1. The summed E-state index contributed by atoms with van der Waals surface area (Å²) in [6.07, 6.45) is 1.48. The van der Waals surface area contributed by atoms with Crippen molar-refractivity contribution in [3.63, 3.8) is 0 Å². The van der Waals surface area contributed by atoms with Crippen LogP contribution in [0.2, 0.25) is 0 Å². The zero-order valence-corrected chi connectivity index (χ0v) is 12.8. The molecule has 5 nitrogen and oxygen atoms in total. The van der Waals surface area contributed by atoms with Crippen LogP contribution in [0.4, 0.5) is 17.2 Å². The molecule has 1 aromatic carbocycles. The van der Waals surface area contributed by atoms with Crippen LogP contribution in [-0.2, 0) is 0 Å². The highest BCUT2D eigenvalue weighted by atomic mass is 79.9. The Kier molecular flexibility index (Phi) is 3.94. The van der Waals surface area contributed by atoms with E-state index in [-0.39, 0.29) is 5.56 Å². The Labute approximate surface area is 125 Å². The first-order valence-corrected chi connectivity index (χ1v) is 6.77. The molecule has 20 heavy (non-hydrogen) atoms. The van der Waals surface area contributed by atoms with Gasteiger partial charge in [-0.05, 0) is 43.2 Å². The lowest BCUT2D eigenvalue weighted by Gasteiger charge is -2.12. The molecule has 6 heteroatoms. The van der Waals surface area contributed by atoms with Gasteiger partial charge in [-0.15, -0.1) is 0 Å². The molecule has 0 radical (unpaired) electrons. The zero-order chi connectivity index (χ0) is 14.9. The van der Waals surface area contributed by atoms with Gasteiger partial charge in [0.05, 0.1) is 17.4 Å². The molecule has 0 atom stereocenters. The van der Waals surface area contributed by atoms with Gasteiger partial charge in [0.1, 0.15) is 5.82 Å². The predicted octanol–water partition coefficient (Wildman–Crippen LogP) is 2.89. The molecule has 0 aliphatic heterocycles. The standard InChI is InChI=1S/C14H15BrN4O/c1-7-3-10(4-8(2)12(7)15)19-14-11(13(17)20)5-9(16)6-18-14/h3-6H,16H2,1-2H3,(H2,17,20)(H,18,19). The number of pyridine rings is 1. The lowest BCUT2D eigenvalue weighted by molar-refractivity contribution is 0.100. The maximum absolute atomic E-state index is 11.4. The van der Waals surface area contributed by atoms with E-state index in [0.717, 1.165) is 21.3 Å². The van der Waals surface area contributed by atoms with E-state index in [9.17, 15) is 4.79 Å². The molecule has 0 bridgehead atoms. The fourth-order valence-electron chi connectivity index (χ4n) is 1.92. The van der Waals surface area contributed by atoms with Gasteiger partial charge in [0.2, 0.25) is 0 Å². The van der Waals surface area contributed by atoms with E-state index in [0.29, 0.717) is 11.5 Å². The molecule has 0 fully saturated rings. The molecule has 2 rings (SSSR count). The first-order chi connectivity index (χ1) is 9.38. The van der Waals surface area contributed by atoms with Gasteiger partial charge in [-0.25, -0.2) is 4.98 Å². The number of halogens is 1. The minimum absolute atomic E-state index is 0.267. The summed E-state index contributed by atoms with van der Waals surface area (Å²) in [5, 5.41) is 3.10. The Balaban J connectivity index is 2.42. The van der Waals surface area contributed by atoms with Gasteiger partial charge in [0, 0.05) is 10.2 Å². The van der Waals surface area contributed by atoms with Gasteiger partial charge in [0.15, 0.2) is 0 Å². The number of primary amides is 1. The van der Waals surface area contributed by atoms with Crippen molar-refractivity contribution in [1.29, 1.82) is 0 Å². The van der Waals surface area contributed by atoms with Crippen molar-refractivity contribution >= 4 is 39.0 Å². The normalized spacial score (nSPS) is 10.3. The molecule has 0 spiro atoms. The Hall–Kier alpha value is -2.08. The minimum Gasteiger partial charge on any atom is -0.397 e. The number of carbonyl (C=O) groups is 1. The number of carbonyl (C=O) groups excluding carboxylic acids is 1. The number of benzene rings is 1. The summed E-state index contributed by atoms with van der Waals surface area (Å²) in [5.74, 6) is -0.175. The van der Waals surface area contributed by atoms with Gasteiger partial charge < -0.3 is 16.8 Å². The van der Waals surface area contributed by atoms with Crippen LogP contribution in [-0.4, -0.2) is 10.9 Å². The van der Waals surface area contributed by atoms with Crippen molar-refractivity contribution in [3.8, 4) is 0 Å². The fraction of sp³-hybridized carbons (Fsp3) is 0.143. The van der Waals surface area contributed by atoms with E-state index >= 15 is 0 Å². The summed E-state index contributed by atoms with van der Waals surface area (Å²) in [5.41, 5.74) is 14.6. The molecule has 5 N–H and O–H groups in total. The van der Waals surface area contributed by atoms with Crippen LogP contribution < -0.4 is 16.8 Å². The Bertz CT molecular complexity index is 662. The van der Waals surface area contributed by atoms with Crippen molar-refractivity contribution in [2.75, 3.05) is 11.1 Å². The summed E-state index contributed by atoms with van der Waals surface area (Å²) < 4.78 is 1.06. The second-order valence-electron chi connectivity index (χ2n) is 4.58. The molecule has 0 saturated heterocycles. The highest BCUT2D eigenvalue weighted by Crippen LogP contribution is 2.27. The number of hydrogen-bond donors (Lipinski definition) is 3. The van der Waals surface area contributed by atoms with Gasteiger partial charge in [-0.2, -0.15) is 0 Å². The average Bonchev–Trinajstić information content (AvgIpc) is 2.37. The maximum atomic E-state index is 11.4. The Morgan fingerprint density at radius 3 is 2.40 bits per heavy atom. The van der Waals surface area contributed by atoms with Crippen LogP contribution in [0.1, 0.15) is 21.5 Å². The van der Waals surface area contributed by atoms with Crippen LogP contribution in [0.3, 0.4) is 0 Å². The number of hydrogen-bond acceptors (Lipinski definition) is 4. The Morgan fingerprint density at radius 1 is 1.25 bits per heavy atom. The largest absolute Gasteiger partial charge is 0.397 e. The summed E-state index contributed by atoms with van der Waals surface area (Å²) >= 11 is 3.51. The lowest BCUT2D eigenvalue weighted by Crippen LogP contribution is -2.15. The quantitative estimate of drug-likeness (QED) is 0.804. The SMILES string of the molecule is Cc1cc(Nc2ncc(N)cc2C(N)=O)cc(C)c1Br. The van der Waals surface area contributed by atoms with E-state index in [4.69, 9.17) is 11.5 Å². The van der Waals surface area contributed by atoms with E-state index in [1.54, 1.807) is 0 Å². The molecule has 0 unspecified atom stereocenters. The van der Waals surface area contributed by atoms with Gasteiger partial charge in [-0.3, -0.25) is 4.79 Å². The van der Waals surface area contributed by atoms with Gasteiger partial charge >= 0.3 is 0 Å². The van der Waals surface area contributed by atoms with E-state index in [2.05, 4.69) is 26.2 Å². The first-order valence-electron chi connectivity index (χ1n) is 5.97. The predicted molar refractivity (Wildman–Crippen MR) is 84.1 cm³/mol. The molecule has 104 valence electrons. The average molecular weight is 335 g/mol. The number of nitrogen functional groups attached to an aromatic ring is 1.